The average molecular weight is 200 g/mol. The van der Waals surface area contributed by atoms with Gasteiger partial charge in [-0.2, -0.15) is 11.8 Å². The number of hydrogen-bond donors (Lipinski definition) is 1. The smallest absolute Gasteiger partial charge is 0.0207 e. The quantitative estimate of drug-likeness (QED) is 0.732. The van der Waals surface area contributed by atoms with Crippen LogP contribution >= 0.6 is 11.8 Å². The van der Waals surface area contributed by atoms with Crippen LogP contribution in [0.5, 0.6) is 0 Å². The van der Waals surface area contributed by atoms with Gasteiger partial charge in [-0.15, -0.1) is 0 Å². The van der Waals surface area contributed by atoms with Gasteiger partial charge in [-0.25, -0.2) is 0 Å². The van der Waals surface area contributed by atoms with Gasteiger partial charge in [0.25, 0.3) is 0 Å². The molecule has 0 aromatic heterocycles. The minimum Gasteiger partial charge on any atom is -0.312 e. The summed E-state index contributed by atoms with van der Waals surface area (Å²) in [5.74, 6) is 3.72. The molecular formula is C10H20N2S. The molecule has 76 valence electrons. The normalized spacial score (nSPS) is 35.8. The maximum absolute atomic E-state index is 3.70. The van der Waals surface area contributed by atoms with Crippen molar-refractivity contribution in [1.82, 2.24) is 10.2 Å². The molecule has 1 N–H and O–H groups in total. The maximum Gasteiger partial charge on any atom is 0.0207 e. The average Bonchev–Trinajstić information content (AvgIpc) is 2.71. The van der Waals surface area contributed by atoms with E-state index in [0.717, 1.165) is 12.0 Å². The Kier molecular flexibility index (Phi) is 3.52. The number of nitrogens with zero attached hydrogens (tertiary/aromatic N) is 1. The third-order valence-corrected chi connectivity index (χ3v) is 4.34. The minimum absolute atomic E-state index is 0.774. The largest absolute Gasteiger partial charge is 0.312 e. The molecule has 0 bridgehead atoms. The van der Waals surface area contributed by atoms with Gasteiger partial charge in [0.2, 0.25) is 0 Å². The van der Waals surface area contributed by atoms with Gasteiger partial charge in [0.1, 0.15) is 0 Å². The Hall–Kier alpha value is 0.270. The summed E-state index contributed by atoms with van der Waals surface area (Å²) in [7, 11) is 2.22. The predicted octanol–water partition coefficient (Wildman–Crippen LogP) is 1.03. The van der Waals surface area contributed by atoms with Crippen LogP contribution in [-0.4, -0.2) is 49.1 Å². The van der Waals surface area contributed by atoms with Crippen molar-refractivity contribution < 1.29 is 0 Å². The molecule has 0 spiro atoms. The molecule has 2 aliphatic rings. The zero-order chi connectivity index (χ0) is 9.10. The Bertz CT molecular complexity index is 157. The lowest BCUT2D eigenvalue weighted by atomic mass is 10.1. The fraction of sp³-hybridized carbons (Fsp3) is 1.00. The van der Waals surface area contributed by atoms with Crippen molar-refractivity contribution in [2.24, 2.45) is 5.92 Å². The maximum atomic E-state index is 3.70. The van der Waals surface area contributed by atoms with Gasteiger partial charge in [-0.1, -0.05) is 0 Å². The molecule has 13 heavy (non-hydrogen) atoms. The lowest BCUT2D eigenvalue weighted by Crippen LogP contribution is -2.35. The third-order valence-electron chi connectivity index (χ3n) is 3.11. The van der Waals surface area contributed by atoms with Crippen molar-refractivity contribution in [2.45, 2.75) is 18.9 Å². The SMILES string of the molecule is CN1CCC(NCC2CCSC2)C1. The van der Waals surface area contributed by atoms with Gasteiger partial charge in [0.05, 0.1) is 0 Å². The number of thioether (sulfide) groups is 1. The van der Waals surface area contributed by atoms with E-state index in [1.54, 1.807) is 0 Å². The van der Waals surface area contributed by atoms with Crippen LogP contribution < -0.4 is 5.32 Å². The number of rotatable bonds is 3. The van der Waals surface area contributed by atoms with Gasteiger partial charge in [-0.3, -0.25) is 0 Å². The van der Waals surface area contributed by atoms with Gasteiger partial charge in [0, 0.05) is 12.6 Å². The zero-order valence-electron chi connectivity index (χ0n) is 8.46. The van der Waals surface area contributed by atoms with E-state index in [-0.39, 0.29) is 0 Å². The van der Waals surface area contributed by atoms with E-state index in [4.69, 9.17) is 0 Å². The molecule has 2 heterocycles. The fourth-order valence-electron chi connectivity index (χ4n) is 2.18. The van der Waals surface area contributed by atoms with Gasteiger partial charge < -0.3 is 10.2 Å². The van der Waals surface area contributed by atoms with Crippen LogP contribution in [0.15, 0.2) is 0 Å². The molecular weight excluding hydrogens is 180 g/mol. The summed E-state index contributed by atoms with van der Waals surface area (Å²) in [5, 5.41) is 3.70. The predicted molar refractivity (Wildman–Crippen MR) is 59.3 cm³/mol. The summed E-state index contributed by atoms with van der Waals surface area (Å²) in [5.41, 5.74) is 0. The lowest BCUT2D eigenvalue weighted by molar-refractivity contribution is 0.389. The number of likely N-dealkylation sites (N-methyl/N-ethyl adjacent to an activating group) is 1. The first-order valence-electron chi connectivity index (χ1n) is 5.34. The second kappa shape index (κ2) is 4.67. The highest BCUT2D eigenvalue weighted by Gasteiger charge is 2.21. The minimum atomic E-state index is 0.774. The summed E-state index contributed by atoms with van der Waals surface area (Å²) < 4.78 is 0. The van der Waals surface area contributed by atoms with Crippen molar-refractivity contribution in [3.63, 3.8) is 0 Å². The van der Waals surface area contributed by atoms with E-state index in [1.165, 1.54) is 44.0 Å². The second-order valence-electron chi connectivity index (χ2n) is 4.39. The standard InChI is InChI=1S/C10H20N2S/c1-12-4-2-10(7-12)11-6-9-3-5-13-8-9/h9-11H,2-8H2,1H3. The second-order valence-corrected chi connectivity index (χ2v) is 5.54. The molecule has 3 heteroatoms. The van der Waals surface area contributed by atoms with Crippen LogP contribution in [0.25, 0.3) is 0 Å². The topological polar surface area (TPSA) is 15.3 Å². The molecule has 0 aromatic carbocycles. The summed E-state index contributed by atoms with van der Waals surface area (Å²) >= 11 is 2.11. The van der Waals surface area contributed by atoms with Crippen molar-refractivity contribution in [1.29, 1.82) is 0 Å². The Morgan fingerprint density at radius 1 is 1.46 bits per heavy atom. The Morgan fingerprint density at radius 2 is 2.38 bits per heavy atom. The molecule has 2 fully saturated rings. The lowest BCUT2D eigenvalue weighted by Gasteiger charge is -2.15. The monoisotopic (exact) mass is 200 g/mol. The van der Waals surface area contributed by atoms with E-state index in [2.05, 4.69) is 29.0 Å². The van der Waals surface area contributed by atoms with Crippen LogP contribution in [0.2, 0.25) is 0 Å². The van der Waals surface area contributed by atoms with Crippen molar-refractivity contribution in [3.8, 4) is 0 Å². The van der Waals surface area contributed by atoms with Crippen LogP contribution in [0.4, 0.5) is 0 Å². The van der Waals surface area contributed by atoms with Crippen molar-refractivity contribution in [2.75, 3.05) is 38.2 Å². The number of hydrogen-bond acceptors (Lipinski definition) is 3. The molecule has 2 nitrogen and oxygen atoms in total. The molecule has 2 aliphatic heterocycles. The van der Waals surface area contributed by atoms with Gasteiger partial charge in [-0.05, 0) is 50.4 Å². The zero-order valence-corrected chi connectivity index (χ0v) is 9.28. The first-order valence-corrected chi connectivity index (χ1v) is 6.50. The molecule has 2 atom stereocenters. The molecule has 2 saturated heterocycles. The highest BCUT2D eigenvalue weighted by Crippen LogP contribution is 2.22. The third kappa shape index (κ3) is 2.86. The summed E-state index contributed by atoms with van der Waals surface area (Å²) in [6.07, 6.45) is 2.77. The molecule has 0 radical (unpaired) electrons. The van der Waals surface area contributed by atoms with E-state index in [0.29, 0.717) is 0 Å². The molecule has 2 rings (SSSR count). The van der Waals surface area contributed by atoms with E-state index in [1.807, 2.05) is 0 Å². The Morgan fingerprint density at radius 3 is 3.00 bits per heavy atom. The molecule has 0 aromatic rings. The highest BCUT2D eigenvalue weighted by atomic mass is 32.2. The molecule has 0 amide bonds. The summed E-state index contributed by atoms with van der Waals surface area (Å²) in [6, 6.07) is 0.774. The summed E-state index contributed by atoms with van der Waals surface area (Å²) in [6.45, 7) is 3.78. The van der Waals surface area contributed by atoms with E-state index < -0.39 is 0 Å². The van der Waals surface area contributed by atoms with Gasteiger partial charge in [0.15, 0.2) is 0 Å². The molecule has 0 saturated carbocycles. The van der Waals surface area contributed by atoms with E-state index in [9.17, 15) is 0 Å². The molecule has 0 aliphatic carbocycles. The van der Waals surface area contributed by atoms with Crippen LogP contribution in [-0.2, 0) is 0 Å². The fourth-order valence-corrected chi connectivity index (χ4v) is 3.46. The van der Waals surface area contributed by atoms with Crippen LogP contribution in [0.3, 0.4) is 0 Å². The Labute approximate surface area is 85.4 Å². The van der Waals surface area contributed by atoms with Crippen molar-refractivity contribution in [3.05, 3.63) is 0 Å². The number of likely N-dealkylation sites (tertiary alicyclic amines) is 1. The van der Waals surface area contributed by atoms with Crippen molar-refractivity contribution >= 4 is 11.8 Å². The summed E-state index contributed by atoms with van der Waals surface area (Å²) in [4.78, 5) is 2.42. The molecule has 2 unspecified atom stereocenters. The first kappa shape index (κ1) is 9.81. The van der Waals surface area contributed by atoms with Crippen LogP contribution in [0.1, 0.15) is 12.8 Å². The number of nitrogens with one attached hydrogen (secondary N) is 1. The highest BCUT2D eigenvalue weighted by molar-refractivity contribution is 7.99. The first-order chi connectivity index (χ1) is 6.34. The Balaban J connectivity index is 1.62. The van der Waals surface area contributed by atoms with E-state index >= 15 is 0 Å². The van der Waals surface area contributed by atoms with Gasteiger partial charge >= 0.3 is 0 Å². The van der Waals surface area contributed by atoms with Crippen LogP contribution in [0, 0.1) is 5.92 Å².